The molecule has 0 amide bonds. The summed E-state index contributed by atoms with van der Waals surface area (Å²) in [5.74, 6) is 0. The number of aromatic nitrogens is 3. The summed E-state index contributed by atoms with van der Waals surface area (Å²) in [5.41, 5.74) is 13.5. The van der Waals surface area contributed by atoms with Gasteiger partial charge in [0.25, 0.3) is 0 Å². The van der Waals surface area contributed by atoms with E-state index < -0.39 is 0 Å². The molecule has 10 rings (SSSR count). The average Bonchev–Trinajstić information content (AvgIpc) is 3.74. The number of fused-ring (bicyclic) bond motifs is 7. The number of hydrogen-bond acceptors (Lipinski definition) is 2. The van der Waals surface area contributed by atoms with Crippen LogP contribution in [0.2, 0.25) is 0 Å². The van der Waals surface area contributed by atoms with Gasteiger partial charge in [-0.25, -0.2) is 4.98 Å². The van der Waals surface area contributed by atoms with Crippen molar-refractivity contribution in [3.8, 4) is 51.1 Å². The maximum Gasteiger partial charge on any atom is 0.0991 e. The molecule has 0 aliphatic carbocycles. The number of nitriles is 1. The van der Waals surface area contributed by atoms with Crippen molar-refractivity contribution in [3.63, 3.8) is 0 Å². The first-order chi connectivity index (χ1) is 25.7. The smallest absolute Gasteiger partial charge is 0.0991 e. The van der Waals surface area contributed by atoms with Crippen LogP contribution in [0.5, 0.6) is 0 Å². The molecule has 0 spiro atoms. The van der Waals surface area contributed by atoms with Crippen molar-refractivity contribution < 1.29 is 0 Å². The van der Waals surface area contributed by atoms with Crippen molar-refractivity contribution in [2.24, 2.45) is 0 Å². The van der Waals surface area contributed by atoms with Gasteiger partial charge in [-0.15, -0.1) is 0 Å². The molecular weight excluding hydrogens is 633 g/mol. The maximum absolute atomic E-state index is 9.94. The van der Waals surface area contributed by atoms with Gasteiger partial charge in [-0.1, -0.05) is 115 Å². The number of rotatable bonds is 5. The third-order valence-corrected chi connectivity index (χ3v) is 10.1. The van der Waals surface area contributed by atoms with E-state index >= 15 is 0 Å². The van der Waals surface area contributed by atoms with E-state index in [1.807, 2.05) is 24.3 Å². The molecule has 0 saturated heterocycles. The fourth-order valence-electron chi connectivity index (χ4n) is 7.79. The van der Waals surface area contributed by atoms with Gasteiger partial charge in [-0.05, 0) is 77.9 Å². The minimum Gasteiger partial charge on any atom is -0.309 e. The fraction of sp³-hybridized carbons (Fsp3) is 0. The van der Waals surface area contributed by atoms with Gasteiger partial charge in [0.2, 0.25) is 0 Å². The zero-order valence-corrected chi connectivity index (χ0v) is 28.1. The van der Waals surface area contributed by atoms with Crippen molar-refractivity contribution in [1.82, 2.24) is 14.1 Å². The van der Waals surface area contributed by atoms with E-state index in [1.54, 1.807) is 0 Å². The average molecular weight is 663 g/mol. The highest BCUT2D eigenvalue weighted by Gasteiger charge is 2.21. The van der Waals surface area contributed by atoms with Gasteiger partial charge in [0.15, 0.2) is 0 Å². The largest absolute Gasteiger partial charge is 0.309 e. The van der Waals surface area contributed by atoms with Gasteiger partial charge < -0.3 is 9.13 Å². The lowest BCUT2D eigenvalue weighted by Gasteiger charge is -2.13. The van der Waals surface area contributed by atoms with Crippen LogP contribution in [0.3, 0.4) is 0 Å². The minimum absolute atomic E-state index is 0.644. The topological polar surface area (TPSA) is 46.5 Å². The molecular formula is C48H30N4. The first kappa shape index (κ1) is 29.7. The molecule has 0 atom stereocenters. The number of pyridine rings is 1. The van der Waals surface area contributed by atoms with Gasteiger partial charge in [0.1, 0.15) is 0 Å². The predicted octanol–water partition coefficient (Wildman–Crippen LogP) is 12.1. The zero-order chi connectivity index (χ0) is 34.6. The number of para-hydroxylation sites is 2. The summed E-state index contributed by atoms with van der Waals surface area (Å²) in [5, 5.41) is 14.5. The second kappa shape index (κ2) is 12.0. The Kier molecular flexibility index (Phi) is 6.84. The predicted molar refractivity (Wildman–Crippen MR) is 214 cm³/mol. The summed E-state index contributed by atoms with van der Waals surface area (Å²) >= 11 is 0. The Labute approximate surface area is 300 Å². The van der Waals surface area contributed by atoms with E-state index in [9.17, 15) is 5.26 Å². The second-order valence-electron chi connectivity index (χ2n) is 13.1. The van der Waals surface area contributed by atoms with Crippen LogP contribution in [-0.2, 0) is 0 Å². The van der Waals surface area contributed by atoms with E-state index in [-0.39, 0.29) is 0 Å². The molecule has 0 saturated carbocycles. The molecule has 0 aliphatic rings. The molecule has 0 fully saturated rings. The molecule has 52 heavy (non-hydrogen) atoms. The van der Waals surface area contributed by atoms with E-state index in [0.717, 1.165) is 77.9 Å². The van der Waals surface area contributed by atoms with Crippen molar-refractivity contribution in [1.29, 1.82) is 5.26 Å². The molecule has 0 N–H and O–H groups in total. The Balaban J connectivity index is 1.27. The summed E-state index contributed by atoms with van der Waals surface area (Å²) in [6.07, 6.45) is 0. The third kappa shape index (κ3) is 4.72. The fourth-order valence-corrected chi connectivity index (χ4v) is 7.79. The molecule has 0 radical (unpaired) electrons. The summed E-state index contributed by atoms with van der Waals surface area (Å²) < 4.78 is 4.74. The normalized spacial score (nSPS) is 11.4. The molecule has 7 aromatic carbocycles. The molecule has 0 unspecified atom stereocenters. The molecule has 3 aromatic heterocycles. The van der Waals surface area contributed by atoms with Gasteiger partial charge in [0.05, 0.1) is 45.1 Å². The lowest BCUT2D eigenvalue weighted by Crippen LogP contribution is -1.96. The van der Waals surface area contributed by atoms with Crippen molar-refractivity contribution >= 4 is 43.6 Å². The minimum atomic E-state index is 0.644. The Morgan fingerprint density at radius 2 is 1.00 bits per heavy atom. The number of benzene rings is 7. The first-order valence-corrected chi connectivity index (χ1v) is 17.4. The van der Waals surface area contributed by atoms with Crippen LogP contribution < -0.4 is 0 Å². The molecule has 242 valence electrons. The van der Waals surface area contributed by atoms with Crippen molar-refractivity contribution in [3.05, 3.63) is 188 Å². The summed E-state index contributed by atoms with van der Waals surface area (Å²) in [6.45, 7) is 0. The van der Waals surface area contributed by atoms with Gasteiger partial charge in [0, 0.05) is 44.0 Å². The zero-order valence-electron chi connectivity index (χ0n) is 28.1. The van der Waals surface area contributed by atoms with Gasteiger partial charge >= 0.3 is 0 Å². The standard InChI is InChI=1S/C48H30N4/c49-31-32-23-25-45-41(27-32)39-24-26-46-47(40-21-10-11-22-44(40)51(46)37-18-8-3-9-19-37)48(39)52(45)38-20-12-17-35(28-38)36-29-42(33-13-4-1-5-14-33)50-43(30-36)34-15-6-2-7-16-34/h1-30H. The quantitative estimate of drug-likeness (QED) is 0.184. The van der Waals surface area contributed by atoms with E-state index in [4.69, 9.17) is 4.98 Å². The van der Waals surface area contributed by atoms with Crippen molar-refractivity contribution in [2.45, 2.75) is 0 Å². The van der Waals surface area contributed by atoms with Crippen LogP contribution >= 0.6 is 0 Å². The summed E-state index contributed by atoms with van der Waals surface area (Å²) in [7, 11) is 0. The molecule has 4 heteroatoms. The van der Waals surface area contributed by atoms with Crippen LogP contribution in [0, 0.1) is 11.3 Å². The van der Waals surface area contributed by atoms with E-state index in [0.29, 0.717) is 5.56 Å². The monoisotopic (exact) mass is 662 g/mol. The number of nitrogens with zero attached hydrogens (tertiary/aromatic N) is 4. The lowest BCUT2D eigenvalue weighted by atomic mass is 9.99. The second-order valence-corrected chi connectivity index (χ2v) is 13.1. The van der Waals surface area contributed by atoms with Gasteiger partial charge in [-0.3, -0.25) is 0 Å². The van der Waals surface area contributed by atoms with Crippen LogP contribution in [0.4, 0.5) is 0 Å². The lowest BCUT2D eigenvalue weighted by molar-refractivity contribution is 1.17. The van der Waals surface area contributed by atoms with Crippen molar-refractivity contribution in [2.75, 3.05) is 0 Å². The maximum atomic E-state index is 9.94. The molecule has 0 bridgehead atoms. The third-order valence-electron chi connectivity index (χ3n) is 10.1. The highest BCUT2D eigenvalue weighted by molar-refractivity contribution is 6.26. The molecule has 10 aromatic rings. The van der Waals surface area contributed by atoms with Crippen LogP contribution in [-0.4, -0.2) is 14.1 Å². The summed E-state index contributed by atoms with van der Waals surface area (Å²) in [4.78, 5) is 5.13. The van der Waals surface area contributed by atoms with E-state index in [1.165, 1.54) is 10.8 Å². The highest BCUT2D eigenvalue weighted by atomic mass is 15.0. The van der Waals surface area contributed by atoms with Crippen LogP contribution in [0.1, 0.15) is 5.56 Å². The Bertz CT molecular complexity index is 2940. The number of hydrogen-bond donors (Lipinski definition) is 0. The van der Waals surface area contributed by atoms with Gasteiger partial charge in [-0.2, -0.15) is 5.26 Å². The molecule has 3 heterocycles. The summed E-state index contributed by atoms with van der Waals surface area (Å²) in [6, 6.07) is 66.0. The first-order valence-electron chi connectivity index (χ1n) is 17.4. The Morgan fingerprint density at radius 1 is 0.404 bits per heavy atom. The Morgan fingerprint density at radius 3 is 1.71 bits per heavy atom. The molecule has 0 aliphatic heterocycles. The SMILES string of the molecule is N#Cc1ccc2c(c1)c1ccc3c(c4ccccc4n3-c3ccccc3)c1n2-c1cccc(-c2cc(-c3ccccc3)nc(-c3ccccc3)c2)c1. The van der Waals surface area contributed by atoms with Crippen LogP contribution in [0.25, 0.3) is 88.6 Å². The highest BCUT2D eigenvalue weighted by Crippen LogP contribution is 2.42. The van der Waals surface area contributed by atoms with Crippen LogP contribution in [0.15, 0.2) is 182 Å². The molecule has 4 nitrogen and oxygen atoms in total. The Hall–Kier alpha value is -7.22. The van der Waals surface area contributed by atoms with E-state index in [2.05, 4.69) is 173 Å².